The molecule has 0 heterocycles. The van der Waals surface area contributed by atoms with Gasteiger partial charge >= 0.3 is 0 Å². The van der Waals surface area contributed by atoms with E-state index in [1.807, 2.05) is 0 Å². The van der Waals surface area contributed by atoms with E-state index >= 15 is 0 Å². The van der Waals surface area contributed by atoms with E-state index in [9.17, 15) is 0 Å². The molecule has 0 spiro atoms. The Bertz CT molecular complexity index is 76.0. The summed E-state index contributed by atoms with van der Waals surface area (Å²) in [4.78, 5) is 0. The van der Waals surface area contributed by atoms with Crippen LogP contribution in [-0.2, 0) is 0 Å². The van der Waals surface area contributed by atoms with Crippen molar-refractivity contribution in [2.45, 2.75) is 12.6 Å². The zero-order valence-electron chi connectivity index (χ0n) is 4.15. The van der Waals surface area contributed by atoms with Crippen molar-refractivity contribution in [3.63, 3.8) is 0 Å². The van der Waals surface area contributed by atoms with E-state index in [4.69, 9.17) is 20.4 Å². The molecule has 0 fully saturated rings. The molecule has 8 heavy (non-hydrogen) atoms. The molecule has 0 saturated carbocycles. The Morgan fingerprint density at radius 3 is 1.25 bits per heavy atom. The summed E-state index contributed by atoms with van der Waals surface area (Å²) < 4.78 is 0. The van der Waals surface area contributed by atoms with E-state index in [-0.39, 0.29) is 0 Å². The van der Waals surface area contributed by atoms with Gasteiger partial charge in [0.15, 0.2) is 12.6 Å². The van der Waals surface area contributed by atoms with Gasteiger partial charge in [0, 0.05) is 5.57 Å². The van der Waals surface area contributed by atoms with Gasteiger partial charge in [0.2, 0.25) is 0 Å². The van der Waals surface area contributed by atoms with E-state index in [1.54, 1.807) is 0 Å². The van der Waals surface area contributed by atoms with Gasteiger partial charge in [-0.1, -0.05) is 6.58 Å². The van der Waals surface area contributed by atoms with Gasteiger partial charge in [-0.3, -0.25) is 0 Å². The Balaban J connectivity index is 3.65. The zero-order valence-corrected chi connectivity index (χ0v) is 4.15. The molecule has 48 valence electrons. The second-order valence-corrected chi connectivity index (χ2v) is 1.32. The van der Waals surface area contributed by atoms with Crippen LogP contribution in [0.1, 0.15) is 0 Å². The summed E-state index contributed by atoms with van der Waals surface area (Å²) >= 11 is 0. The predicted molar refractivity (Wildman–Crippen MR) is 25.6 cm³/mol. The first-order chi connectivity index (χ1) is 3.55. The number of aliphatic hydroxyl groups excluding tert-OH is 2. The van der Waals surface area contributed by atoms with E-state index in [0.717, 1.165) is 0 Å². The van der Waals surface area contributed by atoms with Crippen LogP contribution in [0.4, 0.5) is 0 Å². The van der Waals surface area contributed by atoms with Gasteiger partial charge in [-0.25, -0.2) is 0 Å². The normalized spacial score (nSPS) is 10.8. The maximum atomic E-state index is 8.13. The minimum absolute atomic E-state index is 0.426. The lowest BCUT2D eigenvalue weighted by Crippen LogP contribution is -2.19. The number of hydrogen-bond donors (Lipinski definition) is 4. The molecule has 0 aromatic heterocycles. The molecule has 0 atom stereocenters. The molecule has 0 radical (unpaired) electrons. The summed E-state index contributed by atoms with van der Waals surface area (Å²) in [6.07, 6.45) is -3.70. The number of rotatable bonds is 2. The summed E-state index contributed by atoms with van der Waals surface area (Å²) in [5.41, 5.74) is -0.426. The molecular formula is C4H8O4. The Morgan fingerprint density at radius 2 is 1.25 bits per heavy atom. The molecule has 0 aliphatic carbocycles. The summed E-state index contributed by atoms with van der Waals surface area (Å²) in [7, 11) is 0. The lowest BCUT2D eigenvalue weighted by atomic mass is 10.3. The maximum absolute atomic E-state index is 8.13. The lowest BCUT2D eigenvalue weighted by molar-refractivity contribution is -0.0730. The monoisotopic (exact) mass is 120 g/mol. The number of hydrogen-bond acceptors (Lipinski definition) is 4. The van der Waals surface area contributed by atoms with Crippen molar-refractivity contribution < 1.29 is 20.4 Å². The summed E-state index contributed by atoms with van der Waals surface area (Å²) in [6, 6.07) is 0. The molecule has 4 heteroatoms. The van der Waals surface area contributed by atoms with Crippen molar-refractivity contribution in [2.24, 2.45) is 0 Å². The standard InChI is InChI=1S/C4H8O4/c1-2(3(5)6)4(7)8/h3-8H,1H2. The Hall–Kier alpha value is -0.420. The van der Waals surface area contributed by atoms with Crippen molar-refractivity contribution in [1.82, 2.24) is 0 Å². The molecule has 0 aliphatic heterocycles. The topological polar surface area (TPSA) is 80.9 Å². The Kier molecular flexibility index (Phi) is 2.64. The molecule has 0 unspecified atom stereocenters. The van der Waals surface area contributed by atoms with E-state index < -0.39 is 18.2 Å². The van der Waals surface area contributed by atoms with Crippen LogP contribution >= 0.6 is 0 Å². The first kappa shape index (κ1) is 7.58. The molecule has 0 aromatic rings. The van der Waals surface area contributed by atoms with Gasteiger partial charge in [-0.2, -0.15) is 0 Å². The second kappa shape index (κ2) is 2.78. The average molecular weight is 120 g/mol. The molecule has 0 saturated heterocycles. The van der Waals surface area contributed by atoms with Gasteiger partial charge in [0.25, 0.3) is 0 Å². The van der Waals surface area contributed by atoms with Crippen molar-refractivity contribution >= 4 is 0 Å². The van der Waals surface area contributed by atoms with Gasteiger partial charge in [-0.15, -0.1) is 0 Å². The van der Waals surface area contributed by atoms with Crippen LogP contribution in [0, 0.1) is 0 Å². The summed E-state index contributed by atoms with van der Waals surface area (Å²) in [5.74, 6) is 0. The van der Waals surface area contributed by atoms with Crippen molar-refractivity contribution in [3.8, 4) is 0 Å². The molecule has 0 amide bonds. The first-order valence-corrected chi connectivity index (χ1v) is 1.96. The molecular weight excluding hydrogens is 112 g/mol. The van der Waals surface area contributed by atoms with E-state index in [1.165, 1.54) is 0 Å². The minimum Gasteiger partial charge on any atom is -0.364 e. The molecule has 4 nitrogen and oxygen atoms in total. The highest BCUT2D eigenvalue weighted by Gasteiger charge is 2.09. The van der Waals surface area contributed by atoms with Crippen LogP contribution in [0.3, 0.4) is 0 Å². The summed E-state index contributed by atoms with van der Waals surface area (Å²) in [5, 5.41) is 32.5. The SMILES string of the molecule is C=C(C(O)O)C(O)O. The highest BCUT2D eigenvalue weighted by molar-refractivity contribution is 4.98. The van der Waals surface area contributed by atoms with Gasteiger partial charge in [0.05, 0.1) is 0 Å². The minimum atomic E-state index is -1.85. The highest BCUT2D eigenvalue weighted by Crippen LogP contribution is 1.98. The molecule has 4 N–H and O–H groups in total. The Morgan fingerprint density at radius 1 is 1.00 bits per heavy atom. The van der Waals surface area contributed by atoms with Gasteiger partial charge < -0.3 is 20.4 Å². The smallest absolute Gasteiger partial charge is 0.178 e. The third-order valence-electron chi connectivity index (χ3n) is 0.663. The first-order valence-electron chi connectivity index (χ1n) is 1.96. The molecule has 0 aliphatic rings. The zero-order chi connectivity index (χ0) is 6.73. The van der Waals surface area contributed by atoms with Crippen LogP contribution in [-0.4, -0.2) is 33.0 Å². The lowest BCUT2D eigenvalue weighted by Gasteiger charge is -2.07. The van der Waals surface area contributed by atoms with Crippen LogP contribution in [0.2, 0.25) is 0 Å². The van der Waals surface area contributed by atoms with Crippen LogP contribution in [0.15, 0.2) is 12.2 Å². The fourth-order valence-corrected chi connectivity index (χ4v) is 0.133. The van der Waals surface area contributed by atoms with Gasteiger partial charge in [0.1, 0.15) is 0 Å². The molecule has 0 bridgehead atoms. The Labute approximate surface area is 46.3 Å². The number of aliphatic hydroxyl groups is 4. The maximum Gasteiger partial charge on any atom is 0.178 e. The van der Waals surface area contributed by atoms with E-state index in [0.29, 0.717) is 0 Å². The fraction of sp³-hybridized carbons (Fsp3) is 0.500. The molecule has 0 rings (SSSR count). The second-order valence-electron chi connectivity index (χ2n) is 1.32. The quantitative estimate of drug-likeness (QED) is 0.255. The third-order valence-corrected chi connectivity index (χ3v) is 0.663. The largest absolute Gasteiger partial charge is 0.364 e. The van der Waals surface area contributed by atoms with Crippen molar-refractivity contribution in [3.05, 3.63) is 12.2 Å². The van der Waals surface area contributed by atoms with Crippen LogP contribution in [0.5, 0.6) is 0 Å². The molecule has 0 aromatic carbocycles. The van der Waals surface area contributed by atoms with Gasteiger partial charge in [-0.05, 0) is 0 Å². The fourth-order valence-electron chi connectivity index (χ4n) is 0.133. The van der Waals surface area contributed by atoms with Crippen molar-refractivity contribution in [2.75, 3.05) is 0 Å². The van der Waals surface area contributed by atoms with Crippen LogP contribution in [0.25, 0.3) is 0 Å². The van der Waals surface area contributed by atoms with E-state index in [2.05, 4.69) is 6.58 Å². The predicted octanol–water partition coefficient (Wildman–Crippen LogP) is -1.84. The van der Waals surface area contributed by atoms with Crippen molar-refractivity contribution in [1.29, 1.82) is 0 Å². The van der Waals surface area contributed by atoms with Crippen LogP contribution < -0.4 is 0 Å². The average Bonchev–Trinajstić information content (AvgIpc) is 1.64. The highest BCUT2D eigenvalue weighted by atomic mass is 16.5. The third kappa shape index (κ3) is 2.04. The summed E-state index contributed by atoms with van der Waals surface area (Å²) in [6.45, 7) is 2.95.